The molecule has 0 N–H and O–H groups in total. The maximum Gasteiger partial charge on any atom is 0.233 e. The zero-order valence-electron chi connectivity index (χ0n) is 12.0. The van der Waals surface area contributed by atoms with E-state index < -0.39 is 0 Å². The van der Waals surface area contributed by atoms with Crippen molar-refractivity contribution in [3.63, 3.8) is 0 Å². The number of hydrogen-bond acceptors (Lipinski definition) is 4. The van der Waals surface area contributed by atoms with E-state index in [-0.39, 0.29) is 12.0 Å². The van der Waals surface area contributed by atoms with Gasteiger partial charge in [-0.25, -0.2) is 0 Å². The first kappa shape index (κ1) is 14.8. The molecule has 1 aromatic heterocycles. The van der Waals surface area contributed by atoms with Crippen LogP contribution in [0.4, 0.5) is 0 Å². The van der Waals surface area contributed by atoms with Gasteiger partial charge in [0.05, 0.1) is 13.0 Å². The second kappa shape index (κ2) is 6.75. The van der Waals surface area contributed by atoms with Gasteiger partial charge in [0.2, 0.25) is 11.8 Å². The van der Waals surface area contributed by atoms with Crippen LogP contribution in [0.2, 0.25) is 5.02 Å². The van der Waals surface area contributed by atoms with Crippen LogP contribution in [0, 0.1) is 0 Å². The van der Waals surface area contributed by atoms with E-state index in [1.807, 2.05) is 23.1 Å². The van der Waals surface area contributed by atoms with Crippen LogP contribution in [0.15, 0.2) is 42.6 Å². The van der Waals surface area contributed by atoms with E-state index in [1.165, 1.54) is 0 Å². The minimum atomic E-state index is -0.0353. The molecule has 114 valence electrons. The number of nitrogens with zero attached hydrogens (tertiary/aromatic N) is 3. The highest BCUT2D eigenvalue weighted by molar-refractivity contribution is 6.31. The molecule has 2 aromatic rings. The standard InChI is InChI=1S/C16H16ClN3O2/c17-14-5-2-1-4-12(14)10-16(21)20-9-7-13(11-20)22-15-6-3-8-18-19-15/h1-6,8,13H,7,9-11H2. The van der Waals surface area contributed by atoms with E-state index in [1.54, 1.807) is 24.4 Å². The molecule has 22 heavy (non-hydrogen) atoms. The van der Waals surface area contributed by atoms with Crippen molar-refractivity contribution in [2.45, 2.75) is 18.9 Å². The Hall–Kier alpha value is -2.14. The summed E-state index contributed by atoms with van der Waals surface area (Å²) in [6.07, 6.45) is 2.68. The highest BCUT2D eigenvalue weighted by Gasteiger charge is 2.28. The van der Waals surface area contributed by atoms with E-state index in [0.717, 1.165) is 12.0 Å². The number of carbonyl (C=O) groups excluding carboxylic acids is 1. The number of rotatable bonds is 4. The number of amides is 1. The third-order valence-electron chi connectivity index (χ3n) is 3.63. The fraction of sp³-hybridized carbons (Fsp3) is 0.312. The highest BCUT2D eigenvalue weighted by atomic mass is 35.5. The molecule has 0 aliphatic carbocycles. The van der Waals surface area contributed by atoms with Gasteiger partial charge < -0.3 is 9.64 Å². The Kier molecular flexibility index (Phi) is 4.53. The fourth-order valence-electron chi connectivity index (χ4n) is 2.49. The monoisotopic (exact) mass is 317 g/mol. The van der Waals surface area contributed by atoms with Crippen molar-refractivity contribution in [3.8, 4) is 5.88 Å². The smallest absolute Gasteiger partial charge is 0.233 e. The average Bonchev–Trinajstić information content (AvgIpc) is 2.99. The van der Waals surface area contributed by atoms with Gasteiger partial charge in [-0.05, 0) is 17.7 Å². The second-order valence-corrected chi connectivity index (χ2v) is 5.61. The Morgan fingerprint density at radius 1 is 1.32 bits per heavy atom. The predicted molar refractivity (Wildman–Crippen MR) is 82.8 cm³/mol. The van der Waals surface area contributed by atoms with Crippen LogP contribution >= 0.6 is 11.6 Å². The number of aromatic nitrogens is 2. The minimum absolute atomic E-state index is 0.0353. The lowest BCUT2D eigenvalue weighted by Gasteiger charge is -2.17. The van der Waals surface area contributed by atoms with Crippen molar-refractivity contribution in [2.24, 2.45) is 0 Å². The molecule has 0 spiro atoms. The Balaban J connectivity index is 1.56. The third-order valence-corrected chi connectivity index (χ3v) is 4.00. The number of halogens is 1. The molecule has 1 unspecified atom stereocenters. The maximum absolute atomic E-state index is 12.3. The van der Waals surface area contributed by atoms with Gasteiger partial charge >= 0.3 is 0 Å². The van der Waals surface area contributed by atoms with Crippen LogP contribution in [0.5, 0.6) is 5.88 Å². The minimum Gasteiger partial charge on any atom is -0.471 e. The Labute approximate surface area is 133 Å². The molecule has 3 rings (SSSR count). The largest absolute Gasteiger partial charge is 0.471 e. The van der Waals surface area contributed by atoms with E-state index in [4.69, 9.17) is 16.3 Å². The lowest BCUT2D eigenvalue weighted by molar-refractivity contribution is -0.129. The van der Waals surface area contributed by atoms with E-state index in [0.29, 0.717) is 30.4 Å². The molecule has 6 heteroatoms. The summed E-state index contributed by atoms with van der Waals surface area (Å²) < 4.78 is 5.74. The van der Waals surface area contributed by atoms with Crippen LogP contribution in [0.3, 0.4) is 0 Å². The van der Waals surface area contributed by atoms with Gasteiger partial charge in [-0.1, -0.05) is 29.8 Å². The van der Waals surface area contributed by atoms with E-state index >= 15 is 0 Å². The number of benzene rings is 1. The molecule has 0 radical (unpaired) electrons. The maximum atomic E-state index is 12.3. The second-order valence-electron chi connectivity index (χ2n) is 5.20. The van der Waals surface area contributed by atoms with Crippen LogP contribution < -0.4 is 4.74 Å². The number of ether oxygens (including phenoxy) is 1. The molecule has 0 bridgehead atoms. The predicted octanol–water partition coefficient (Wildman–Crippen LogP) is 2.35. The first-order chi connectivity index (χ1) is 10.7. The van der Waals surface area contributed by atoms with Crippen LogP contribution in [0.25, 0.3) is 0 Å². The molecule has 1 atom stereocenters. The van der Waals surface area contributed by atoms with Crippen LogP contribution in [-0.4, -0.2) is 40.2 Å². The summed E-state index contributed by atoms with van der Waals surface area (Å²) in [7, 11) is 0. The fourth-order valence-corrected chi connectivity index (χ4v) is 2.69. The number of likely N-dealkylation sites (tertiary alicyclic amines) is 1. The van der Waals surface area contributed by atoms with Crippen molar-refractivity contribution in [1.29, 1.82) is 0 Å². The molecule has 1 aliphatic rings. The summed E-state index contributed by atoms with van der Waals surface area (Å²) in [5, 5.41) is 8.30. The summed E-state index contributed by atoms with van der Waals surface area (Å²) >= 11 is 6.10. The summed E-state index contributed by atoms with van der Waals surface area (Å²) in [5.41, 5.74) is 0.854. The molecule has 0 saturated carbocycles. The van der Waals surface area contributed by atoms with Gasteiger partial charge in [0.1, 0.15) is 6.10 Å². The molecule has 1 amide bonds. The lowest BCUT2D eigenvalue weighted by atomic mass is 10.1. The average molecular weight is 318 g/mol. The quantitative estimate of drug-likeness (QED) is 0.868. The lowest BCUT2D eigenvalue weighted by Crippen LogP contribution is -2.32. The summed E-state index contributed by atoms with van der Waals surface area (Å²) in [6, 6.07) is 11.0. The SMILES string of the molecule is O=C(Cc1ccccc1Cl)N1CCC(Oc2cccnn2)C1. The summed E-state index contributed by atoms with van der Waals surface area (Å²) in [5.74, 6) is 0.561. The normalized spacial score (nSPS) is 17.5. The van der Waals surface area contributed by atoms with Crippen molar-refractivity contribution in [3.05, 3.63) is 53.2 Å². The van der Waals surface area contributed by atoms with Crippen molar-refractivity contribution >= 4 is 17.5 Å². The zero-order valence-corrected chi connectivity index (χ0v) is 12.7. The zero-order chi connectivity index (χ0) is 15.4. The van der Waals surface area contributed by atoms with Gasteiger partial charge in [0.15, 0.2) is 0 Å². The molecule has 1 aliphatic heterocycles. The van der Waals surface area contributed by atoms with Gasteiger partial charge in [-0.15, -0.1) is 5.10 Å². The van der Waals surface area contributed by atoms with Gasteiger partial charge in [0.25, 0.3) is 0 Å². The van der Waals surface area contributed by atoms with Gasteiger partial charge in [-0.3, -0.25) is 4.79 Å². The molecule has 1 fully saturated rings. The van der Waals surface area contributed by atoms with Crippen molar-refractivity contribution < 1.29 is 9.53 Å². The van der Waals surface area contributed by atoms with Crippen LogP contribution in [0.1, 0.15) is 12.0 Å². The third kappa shape index (κ3) is 3.54. The Morgan fingerprint density at radius 3 is 2.95 bits per heavy atom. The van der Waals surface area contributed by atoms with Crippen LogP contribution in [-0.2, 0) is 11.2 Å². The molecule has 1 aromatic carbocycles. The summed E-state index contributed by atoms with van der Waals surface area (Å²) in [4.78, 5) is 14.2. The van der Waals surface area contributed by atoms with Crippen molar-refractivity contribution in [2.75, 3.05) is 13.1 Å². The first-order valence-corrected chi connectivity index (χ1v) is 7.56. The molecular formula is C16H16ClN3O2. The number of hydrogen-bond donors (Lipinski definition) is 0. The highest BCUT2D eigenvalue weighted by Crippen LogP contribution is 2.19. The van der Waals surface area contributed by atoms with Gasteiger partial charge in [-0.2, -0.15) is 5.10 Å². The van der Waals surface area contributed by atoms with Crippen molar-refractivity contribution in [1.82, 2.24) is 15.1 Å². The van der Waals surface area contributed by atoms with Gasteiger partial charge in [0, 0.05) is 30.3 Å². The number of carbonyl (C=O) groups is 1. The molecule has 1 saturated heterocycles. The molecule has 2 heterocycles. The Bertz CT molecular complexity index is 651. The topological polar surface area (TPSA) is 55.3 Å². The van der Waals surface area contributed by atoms with E-state index in [2.05, 4.69) is 10.2 Å². The summed E-state index contributed by atoms with van der Waals surface area (Å²) in [6.45, 7) is 1.26. The molecular weight excluding hydrogens is 302 g/mol. The van der Waals surface area contributed by atoms with E-state index in [9.17, 15) is 4.79 Å². The first-order valence-electron chi connectivity index (χ1n) is 7.18. The molecule has 5 nitrogen and oxygen atoms in total. The Morgan fingerprint density at radius 2 is 2.18 bits per heavy atom.